The third-order valence-electron chi connectivity index (χ3n) is 7.22. The quantitative estimate of drug-likeness (QED) is 0.338. The molecule has 1 saturated heterocycles. The highest BCUT2D eigenvalue weighted by molar-refractivity contribution is 7.21. The van der Waals surface area contributed by atoms with Crippen LogP contribution in [-0.2, 0) is 14.2 Å². The van der Waals surface area contributed by atoms with Gasteiger partial charge in [0.2, 0.25) is 5.95 Å². The number of aliphatic hydroxyl groups is 1. The maximum atomic E-state index is 10.0. The van der Waals surface area contributed by atoms with Crippen molar-refractivity contribution in [2.75, 3.05) is 37.0 Å². The third-order valence-corrected chi connectivity index (χ3v) is 8.25. The van der Waals surface area contributed by atoms with Crippen molar-refractivity contribution in [1.29, 1.82) is 0 Å². The van der Waals surface area contributed by atoms with E-state index in [2.05, 4.69) is 36.6 Å². The number of rotatable bonds is 9. The van der Waals surface area contributed by atoms with Gasteiger partial charge in [0.25, 0.3) is 0 Å². The van der Waals surface area contributed by atoms with E-state index >= 15 is 0 Å². The van der Waals surface area contributed by atoms with Gasteiger partial charge >= 0.3 is 0 Å². The molecule has 0 spiro atoms. The second-order valence-corrected chi connectivity index (χ2v) is 11.5. The number of ether oxygens (including phenoxy) is 3. The van der Waals surface area contributed by atoms with Crippen LogP contribution in [0.4, 0.5) is 11.8 Å². The number of aliphatic hydroxyl groups excluding tert-OH is 1. The van der Waals surface area contributed by atoms with Gasteiger partial charge in [-0.05, 0) is 77.6 Å². The lowest BCUT2D eigenvalue weighted by atomic mass is 10.0. The van der Waals surface area contributed by atoms with Crippen molar-refractivity contribution in [2.24, 2.45) is 5.92 Å². The highest BCUT2D eigenvalue weighted by Gasteiger charge is 2.60. The smallest absolute Gasteiger partial charge is 0.224 e. The molecule has 9 nitrogen and oxygen atoms in total. The van der Waals surface area contributed by atoms with Crippen LogP contribution < -0.4 is 10.6 Å². The number of benzene rings is 1. The van der Waals surface area contributed by atoms with Crippen LogP contribution >= 0.6 is 11.3 Å². The van der Waals surface area contributed by atoms with Gasteiger partial charge in [0, 0.05) is 25.7 Å². The van der Waals surface area contributed by atoms with Crippen LogP contribution in [0.1, 0.15) is 50.4 Å². The number of aryl methyl sites for hydroxylation is 3. The monoisotopic (exact) mass is 527 g/mol. The van der Waals surface area contributed by atoms with Gasteiger partial charge in [-0.2, -0.15) is 4.98 Å². The molecular weight excluding hydrogens is 490 g/mol. The van der Waals surface area contributed by atoms with Gasteiger partial charge in [-0.1, -0.05) is 0 Å². The molecule has 1 aliphatic heterocycles. The van der Waals surface area contributed by atoms with Gasteiger partial charge in [-0.25, -0.2) is 9.97 Å². The van der Waals surface area contributed by atoms with Crippen LogP contribution in [-0.4, -0.2) is 64.0 Å². The second kappa shape index (κ2) is 10.1. The first kappa shape index (κ1) is 26.2. The fraction of sp³-hybridized carbons (Fsp3) is 0.593. The van der Waals surface area contributed by atoms with E-state index in [1.807, 2.05) is 27.7 Å². The summed E-state index contributed by atoms with van der Waals surface area (Å²) in [6.45, 7) is 13.9. The Labute approximate surface area is 222 Å². The zero-order chi connectivity index (χ0) is 26.4. The van der Waals surface area contributed by atoms with Crippen molar-refractivity contribution >= 4 is 33.3 Å². The summed E-state index contributed by atoms with van der Waals surface area (Å²) in [6, 6.07) is 4.32. The summed E-state index contributed by atoms with van der Waals surface area (Å²) in [5, 5.41) is 17.8. The van der Waals surface area contributed by atoms with Crippen LogP contribution in [0.3, 0.4) is 0 Å². The Morgan fingerprint density at radius 3 is 2.70 bits per heavy atom. The summed E-state index contributed by atoms with van der Waals surface area (Å²) in [5.41, 5.74) is 4.27. The number of hydrogen-bond acceptors (Lipinski definition) is 10. The Kier molecular flexibility index (Phi) is 7.14. The van der Waals surface area contributed by atoms with Crippen molar-refractivity contribution in [3.05, 3.63) is 29.0 Å². The van der Waals surface area contributed by atoms with Crippen molar-refractivity contribution in [3.63, 3.8) is 0 Å². The number of nitrogens with zero attached hydrogens (tertiary/aromatic N) is 3. The van der Waals surface area contributed by atoms with Crippen LogP contribution in [0.25, 0.3) is 20.8 Å². The summed E-state index contributed by atoms with van der Waals surface area (Å²) in [6.07, 6.45) is 1.19. The Morgan fingerprint density at radius 2 is 1.95 bits per heavy atom. The van der Waals surface area contributed by atoms with E-state index in [1.165, 1.54) is 11.1 Å². The number of thiazole rings is 1. The average molecular weight is 528 g/mol. The second-order valence-electron chi connectivity index (χ2n) is 10.4. The summed E-state index contributed by atoms with van der Waals surface area (Å²) < 4.78 is 19.4. The SMILES string of the molecule is CCOCCNc1nc(C)c(-c2nc3cc(C)c(C)cc3s2)c(NC23CCC(CO)C2OC(C)(C)O3)n1. The molecule has 0 bridgehead atoms. The average Bonchev–Trinajstić information content (AvgIpc) is 3.44. The Balaban J connectivity index is 1.58. The van der Waals surface area contributed by atoms with Gasteiger partial charge < -0.3 is 30.0 Å². The molecule has 3 atom stereocenters. The zero-order valence-electron chi connectivity index (χ0n) is 22.5. The number of anilines is 2. The van der Waals surface area contributed by atoms with Crippen molar-refractivity contribution in [2.45, 2.75) is 72.0 Å². The van der Waals surface area contributed by atoms with Crippen LogP contribution in [0, 0.1) is 26.7 Å². The minimum atomic E-state index is -0.807. The number of nitrogens with one attached hydrogen (secondary N) is 2. The minimum absolute atomic E-state index is 0.0159. The summed E-state index contributed by atoms with van der Waals surface area (Å²) in [4.78, 5) is 14.7. The van der Waals surface area contributed by atoms with E-state index < -0.39 is 11.5 Å². The molecular formula is C27H37N5O4S. The van der Waals surface area contributed by atoms with Crippen LogP contribution in [0.2, 0.25) is 0 Å². The number of hydrogen-bond donors (Lipinski definition) is 3. The molecule has 3 aromatic rings. The maximum Gasteiger partial charge on any atom is 0.224 e. The molecule has 10 heteroatoms. The van der Waals surface area contributed by atoms with Gasteiger partial charge in [-0.3, -0.25) is 0 Å². The van der Waals surface area contributed by atoms with E-state index in [0.717, 1.165) is 32.9 Å². The standard InChI is InChI=1S/C27H37N5O4S/c1-7-34-11-10-28-25-29-17(4)21(24-30-19-12-15(2)16(3)13-20(19)37-24)23(31-25)32-27-9-8-18(14-33)22(27)35-26(5,6)36-27/h12-13,18,22,33H,7-11,14H2,1-6H3,(H2,28,29,31,32). The molecule has 5 rings (SSSR count). The fourth-order valence-electron chi connectivity index (χ4n) is 5.35. The van der Waals surface area contributed by atoms with E-state index in [0.29, 0.717) is 37.9 Å². The molecule has 0 amide bonds. The normalized spacial score (nSPS) is 24.5. The molecule has 2 fully saturated rings. The van der Waals surface area contributed by atoms with Gasteiger partial charge in [-0.15, -0.1) is 11.3 Å². The predicted molar refractivity (Wildman–Crippen MR) is 146 cm³/mol. The first-order valence-electron chi connectivity index (χ1n) is 13.0. The lowest BCUT2D eigenvalue weighted by Gasteiger charge is -2.31. The first-order valence-corrected chi connectivity index (χ1v) is 13.8. The largest absolute Gasteiger partial charge is 0.396 e. The lowest BCUT2D eigenvalue weighted by Crippen LogP contribution is -2.46. The maximum absolute atomic E-state index is 10.0. The third kappa shape index (κ3) is 5.05. The highest BCUT2D eigenvalue weighted by Crippen LogP contribution is 2.50. The van der Waals surface area contributed by atoms with Gasteiger partial charge in [0.1, 0.15) is 16.9 Å². The van der Waals surface area contributed by atoms with Crippen LogP contribution in [0.5, 0.6) is 0 Å². The summed E-state index contributed by atoms with van der Waals surface area (Å²) >= 11 is 1.63. The molecule has 37 heavy (non-hydrogen) atoms. The Bertz CT molecular complexity index is 1260. The molecule has 1 saturated carbocycles. The molecule has 0 radical (unpaired) electrons. The molecule has 1 aliphatic carbocycles. The molecule has 1 aromatic carbocycles. The van der Waals surface area contributed by atoms with E-state index in [-0.39, 0.29) is 18.6 Å². The van der Waals surface area contributed by atoms with Crippen molar-refractivity contribution < 1.29 is 19.3 Å². The molecule has 3 unspecified atom stereocenters. The topological polar surface area (TPSA) is 111 Å². The van der Waals surface area contributed by atoms with Crippen molar-refractivity contribution in [1.82, 2.24) is 15.0 Å². The zero-order valence-corrected chi connectivity index (χ0v) is 23.3. The lowest BCUT2D eigenvalue weighted by molar-refractivity contribution is -0.168. The molecule has 3 N–H and O–H groups in total. The Morgan fingerprint density at radius 1 is 1.16 bits per heavy atom. The molecule has 2 aliphatic rings. The summed E-state index contributed by atoms with van der Waals surface area (Å²) in [7, 11) is 0. The van der Waals surface area contributed by atoms with E-state index in [9.17, 15) is 5.11 Å². The first-order chi connectivity index (χ1) is 17.6. The highest BCUT2D eigenvalue weighted by atomic mass is 32.1. The number of fused-ring (bicyclic) bond motifs is 2. The number of aromatic nitrogens is 3. The minimum Gasteiger partial charge on any atom is -0.396 e. The van der Waals surface area contributed by atoms with E-state index in [4.69, 9.17) is 29.2 Å². The summed E-state index contributed by atoms with van der Waals surface area (Å²) in [5.74, 6) is 0.359. The van der Waals surface area contributed by atoms with E-state index in [1.54, 1.807) is 11.3 Å². The molecule has 3 heterocycles. The van der Waals surface area contributed by atoms with Crippen molar-refractivity contribution in [3.8, 4) is 10.6 Å². The Hall–Kier alpha value is -2.37. The molecule has 200 valence electrons. The van der Waals surface area contributed by atoms with Gasteiger partial charge in [0.05, 0.1) is 28.1 Å². The fourth-order valence-corrected chi connectivity index (χ4v) is 6.50. The van der Waals surface area contributed by atoms with Gasteiger partial charge in [0.15, 0.2) is 11.5 Å². The van der Waals surface area contributed by atoms with Crippen LogP contribution in [0.15, 0.2) is 12.1 Å². The molecule has 2 aromatic heterocycles. The predicted octanol–water partition coefficient (Wildman–Crippen LogP) is 4.79.